The van der Waals surface area contributed by atoms with Gasteiger partial charge >= 0.3 is 5.97 Å². The Labute approximate surface area is 144 Å². The number of rotatable bonds is 5. The zero-order valence-corrected chi connectivity index (χ0v) is 14.1. The van der Waals surface area contributed by atoms with Crippen molar-refractivity contribution in [2.75, 3.05) is 5.32 Å². The van der Waals surface area contributed by atoms with Gasteiger partial charge in [-0.1, -0.05) is 18.2 Å². The summed E-state index contributed by atoms with van der Waals surface area (Å²) in [5.74, 6) is -1.17. The molecular weight excluding hydrogens is 324 g/mol. The molecule has 7 nitrogen and oxygen atoms in total. The number of nitrogens with one attached hydrogen (secondary N) is 1. The van der Waals surface area contributed by atoms with Crippen LogP contribution in [0.2, 0.25) is 0 Å². The van der Waals surface area contributed by atoms with Gasteiger partial charge in [-0.05, 0) is 44.0 Å². The summed E-state index contributed by atoms with van der Waals surface area (Å²) >= 11 is 0. The first-order chi connectivity index (χ1) is 11.8. The van der Waals surface area contributed by atoms with Crippen molar-refractivity contribution in [1.29, 1.82) is 0 Å². The largest absolute Gasteiger partial charge is 0.449 e. The van der Waals surface area contributed by atoms with E-state index in [0.717, 1.165) is 11.1 Å². The molecule has 0 saturated carbocycles. The molecule has 0 saturated heterocycles. The lowest BCUT2D eigenvalue weighted by molar-refractivity contribution is -0.384. The van der Waals surface area contributed by atoms with E-state index in [1.165, 1.54) is 31.2 Å². The fourth-order valence-corrected chi connectivity index (χ4v) is 2.24. The molecule has 2 aromatic rings. The zero-order chi connectivity index (χ0) is 18.6. The van der Waals surface area contributed by atoms with Crippen LogP contribution >= 0.6 is 0 Å². The molecule has 0 aliphatic carbocycles. The van der Waals surface area contributed by atoms with Gasteiger partial charge in [0.1, 0.15) is 0 Å². The van der Waals surface area contributed by atoms with Gasteiger partial charge in [0.2, 0.25) is 0 Å². The molecule has 0 radical (unpaired) electrons. The minimum Gasteiger partial charge on any atom is -0.449 e. The fourth-order valence-electron chi connectivity index (χ4n) is 2.24. The fraction of sp³-hybridized carbons (Fsp3) is 0.222. The standard InChI is InChI=1S/C18H18N2O5/c1-11-5-4-6-12(2)16(11)19-17(21)13(3)25-18(22)14-7-9-15(10-8-14)20(23)24/h4-10,13H,1-3H3,(H,19,21). The highest BCUT2D eigenvalue weighted by Crippen LogP contribution is 2.20. The second-order valence-corrected chi connectivity index (χ2v) is 5.61. The number of benzene rings is 2. The third-order valence-electron chi connectivity index (χ3n) is 3.70. The van der Waals surface area contributed by atoms with E-state index in [1.807, 2.05) is 32.0 Å². The van der Waals surface area contributed by atoms with Crippen molar-refractivity contribution < 1.29 is 19.2 Å². The number of hydrogen-bond acceptors (Lipinski definition) is 5. The van der Waals surface area contributed by atoms with Gasteiger partial charge in [0.15, 0.2) is 6.10 Å². The van der Waals surface area contributed by atoms with Crippen molar-refractivity contribution in [3.8, 4) is 0 Å². The first kappa shape index (κ1) is 18.1. The molecule has 1 atom stereocenters. The highest BCUT2D eigenvalue weighted by atomic mass is 16.6. The van der Waals surface area contributed by atoms with E-state index in [1.54, 1.807) is 0 Å². The van der Waals surface area contributed by atoms with Crippen LogP contribution in [0.4, 0.5) is 11.4 Å². The van der Waals surface area contributed by atoms with Gasteiger partial charge in [0.25, 0.3) is 11.6 Å². The lowest BCUT2D eigenvalue weighted by atomic mass is 10.1. The maximum absolute atomic E-state index is 12.2. The Hall–Kier alpha value is -3.22. The number of aryl methyl sites for hydroxylation is 2. The van der Waals surface area contributed by atoms with E-state index >= 15 is 0 Å². The number of anilines is 1. The van der Waals surface area contributed by atoms with Crippen LogP contribution in [-0.2, 0) is 9.53 Å². The third-order valence-corrected chi connectivity index (χ3v) is 3.70. The van der Waals surface area contributed by atoms with E-state index in [4.69, 9.17) is 4.74 Å². The molecule has 2 rings (SSSR count). The minimum atomic E-state index is -1.01. The Balaban J connectivity index is 2.03. The molecule has 1 N–H and O–H groups in total. The SMILES string of the molecule is Cc1cccc(C)c1NC(=O)C(C)OC(=O)c1ccc([N+](=O)[O-])cc1. The number of nitrogens with zero attached hydrogens (tertiary/aromatic N) is 1. The summed E-state index contributed by atoms with van der Waals surface area (Å²) in [5.41, 5.74) is 2.50. The number of amides is 1. The number of non-ortho nitro benzene ring substituents is 1. The van der Waals surface area contributed by atoms with Crippen molar-refractivity contribution in [1.82, 2.24) is 0 Å². The molecule has 25 heavy (non-hydrogen) atoms. The molecule has 1 amide bonds. The highest BCUT2D eigenvalue weighted by molar-refractivity contribution is 5.98. The highest BCUT2D eigenvalue weighted by Gasteiger charge is 2.20. The molecular formula is C18H18N2O5. The Morgan fingerprint density at radius 3 is 2.16 bits per heavy atom. The van der Waals surface area contributed by atoms with E-state index in [-0.39, 0.29) is 11.3 Å². The van der Waals surface area contributed by atoms with Crippen LogP contribution in [0.3, 0.4) is 0 Å². The monoisotopic (exact) mass is 342 g/mol. The van der Waals surface area contributed by atoms with Crippen LogP contribution in [0, 0.1) is 24.0 Å². The van der Waals surface area contributed by atoms with Crippen molar-refractivity contribution in [3.05, 3.63) is 69.3 Å². The molecule has 0 fully saturated rings. The Kier molecular flexibility index (Phi) is 5.49. The first-order valence-electron chi connectivity index (χ1n) is 7.62. The Morgan fingerprint density at radius 1 is 1.08 bits per heavy atom. The maximum atomic E-state index is 12.2. The maximum Gasteiger partial charge on any atom is 0.338 e. The van der Waals surface area contributed by atoms with Gasteiger partial charge < -0.3 is 10.1 Å². The lowest BCUT2D eigenvalue weighted by Gasteiger charge is -2.16. The number of nitro groups is 1. The average Bonchev–Trinajstić information content (AvgIpc) is 2.58. The number of hydrogen-bond donors (Lipinski definition) is 1. The predicted octanol–water partition coefficient (Wildman–Crippen LogP) is 3.40. The Bertz CT molecular complexity index is 794. The molecule has 0 spiro atoms. The second kappa shape index (κ2) is 7.57. The summed E-state index contributed by atoms with van der Waals surface area (Å²) in [6.07, 6.45) is -1.01. The summed E-state index contributed by atoms with van der Waals surface area (Å²) in [5, 5.41) is 13.4. The number of esters is 1. The normalized spacial score (nSPS) is 11.5. The molecule has 1 unspecified atom stereocenters. The number of ether oxygens (including phenoxy) is 1. The van der Waals surface area contributed by atoms with Crippen molar-refractivity contribution in [2.24, 2.45) is 0 Å². The van der Waals surface area contributed by atoms with Gasteiger partial charge in [0.05, 0.1) is 10.5 Å². The summed E-state index contributed by atoms with van der Waals surface area (Å²) in [7, 11) is 0. The van der Waals surface area contributed by atoms with E-state index in [9.17, 15) is 19.7 Å². The van der Waals surface area contributed by atoms with Gasteiger partial charge in [-0.15, -0.1) is 0 Å². The molecule has 130 valence electrons. The predicted molar refractivity (Wildman–Crippen MR) is 92.5 cm³/mol. The van der Waals surface area contributed by atoms with Crippen LogP contribution in [-0.4, -0.2) is 22.9 Å². The topological polar surface area (TPSA) is 98.5 Å². The van der Waals surface area contributed by atoms with E-state index in [2.05, 4.69) is 5.32 Å². The van der Waals surface area contributed by atoms with Crippen LogP contribution in [0.5, 0.6) is 0 Å². The molecule has 2 aromatic carbocycles. The van der Waals surface area contributed by atoms with Crippen LogP contribution < -0.4 is 5.32 Å². The van der Waals surface area contributed by atoms with Crippen LogP contribution in [0.1, 0.15) is 28.4 Å². The minimum absolute atomic E-state index is 0.127. The molecule has 0 heterocycles. The Morgan fingerprint density at radius 2 is 1.64 bits per heavy atom. The number of para-hydroxylation sites is 1. The van der Waals surface area contributed by atoms with Crippen LogP contribution in [0.15, 0.2) is 42.5 Å². The lowest BCUT2D eigenvalue weighted by Crippen LogP contribution is -2.30. The summed E-state index contributed by atoms with van der Waals surface area (Å²) in [6, 6.07) is 10.6. The summed E-state index contributed by atoms with van der Waals surface area (Å²) < 4.78 is 5.13. The van der Waals surface area contributed by atoms with Gasteiger partial charge in [-0.25, -0.2) is 4.79 Å². The summed E-state index contributed by atoms with van der Waals surface area (Å²) in [4.78, 5) is 34.4. The molecule has 0 aliphatic rings. The molecule has 0 aliphatic heterocycles. The first-order valence-corrected chi connectivity index (χ1v) is 7.62. The quantitative estimate of drug-likeness (QED) is 0.510. The average molecular weight is 342 g/mol. The number of nitro benzene ring substituents is 1. The smallest absolute Gasteiger partial charge is 0.338 e. The zero-order valence-electron chi connectivity index (χ0n) is 14.1. The van der Waals surface area contributed by atoms with Gasteiger partial charge in [-0.2, -0.15) is 0 Å². The van der Waals surface area contributed by atoms with Gasteiger partial charge in [0, 0.05) is 17.8 Å². The van der Waals surface area contributed by atoms with Gasteiger partial charge in [-0.3, -0.25) is 14.9 Å². The molecule has 7 heteroatoms. The van der Waals surface area contributed by atoms with Crippen molar-refractivity contribution in [2.45, 2.75) is 26.9 Å². The molecule has 0 bridgehead atoms. The third kappa shape index (κ3) is 4.41. The number of carbonyl (C=O) groups is 2. The van der Waals surface area contributed by atoms with Crippen molar-refractivity contribution in [3.63, 3.8) is 0 Å². The van der Waals surface area contributed by atoms with Crippen molar-refractivity contribution >= 4 is 23.3 Å². The van der Waals surface area contributed by atoms with Crippen LogP contribution in [0.25, 0.3) is 0 Å². The van der Waals surface area contributed by atoms with E-state index in [0.29, 0.717) is 5.69 Å². The van der Waals surface area contributed by atoms with E-state index < -0.39 is 22.9 Å². The molecule has 0 aromatic heterocycles. The second-order valence-electron chi connectivity index (χ2n) is 5.61. The summed E-state index contributed by atoms with van der Waals surface area (Å²) in [6.45, 7) is 5.21. The number of carbonyl (C=O) groups excluding carboxylic acids is 2.